The van der Waals surface area contributed by atoms with E-state index in [4.69, 9.17) is 30.9 Å². The molecule has 1 saturated heterocycles. The van der Waals surface area contributed by atoms with Crippen molar-refractivity contribution in [1.82, 2.24) is 14.5 Å². The summed E-state index contributed by atoms with van der Waals surface area (Å²) in [7, 11) is -4.42. The zero-order valence-electron chi connectivity index (χ0n) is 17.8. The SMILES string of the molecule is C[C@H](Nc1nc(Cl)nc2c1c(F)cn2[C@@H]1O[C@H](COCP(=O)(O)O)[C@@H](O)[C@H]1O)c1ccccc1. The second-order valence-corrected chi connectivity index (χ2v) is 9.84. The van der Waals surface area contributed by atoms with Gasteiger partial charge in [-0.25, -0.2) is 4.39 Å². The number of hydrogen-bond acceptors (Lipinski definition) is 8. The number of ether oxygens (including phenoxy) is 2. The molecule has 1 fully saturated rings. The van der Waals surface area contributed by atoms with Gasteiger partial charge in [0.1, 0.15) is 30.5 Å². The van der Waals surface area contributed by atoms with Gasteiger partial charge in [0.2, 0.25) is 5.28 Å². The van der Waals surface area contributed by atoms with E-state index in [1.165, 1.54) is 4.57 Å². The van der Waals surface area contributed by atoms with Gasteiger partial charge in [-0.05, 0) is 24.1 Å². The number of nitrogens with one attached hydrogen (secondary N) is 1. The van der Waals surface area contributed by atoms with Crippen molar-refractivity contribution >= 4 is 36.0 Å². The molecule has 0 amide bonds. The van der Waals surface area contributed by atoms with Gasteiger partial charge in [-0.3, -0.25) is 4.57 Å². The van der Waals surface area contributed by atoms with Crippen LogP contribution in [0, 0.1) is 5.82 Å². The third kappa shape index (κ3) is 5.24. The molecular weight excluding hydrogens is 494 g/mol. The maximum absolute atomic E-state index is 15.1. The first kappa shape index (κ1) is 25.0. The van der Waals surface area contributed by atoms with Crippen molar-refractivity contribution in [3.63, 3.8) is 0 Å². The molecule has 184 valence electrons. The molecule has 0 aliphatic carbocycles. The molecule has 0 saturated carbocycles. The number of halogens is 2. The highest BCUT2D eigenvalue weighted by Gasteiger charge is 2.45. The van der Waals surface area contributed by atoms with Crippen molar-refractivity contribution in [2.24, 2.45) is 0 Å². The zero-order chi connectivity index (χ0) is 24.6. The Balaban J connectivity index is 1.62. The van der Waals surface area contributed by atoms with E-state index in [0.717, 1.165) is 11.8 Å². The predicted octanol–water partition coefficient (Wildman–Crippen LogP) is 2.17. The molecule has 0 bridgehead atoms. The summed E-state index contributed by atoms with van der Waals surface area (Å²) in [6, 6.07) is 9.18. The fraction of sp³-hybridized carbons (Fsp3) is 0.400. The summed E-state index contributed by atoms with van der Waals surface area (Å²) < 4.78 is 37.7. The van der Waals surface area contributed by atoms with Crippen LogP contribution in [0.1, 0.15) is 24.8 Å². The fourth-order valence-corrected chi connectivity index (χ4v) is 4.30. The standard InChI is InChI=1S/C20H23ClFN4O7P/c1-10(11-5-3-2-4-6-11)23-17-14-12(22)7-26(18(14)25-20(21)24-17)19-16(28)15(27)13(33-19)8-32-9-34(29,30)31/h2-7,10,13,15-16,19,27-28H,8-9H2,1H3,(H,23,24,25)(H2,29,30,31)/t10-,13+,15+,16+,19+/m0/s1. The van der Waals surface area contributed by atoms with Gasteiger partial charge in [-0.2, -0.15) is 9.97 Å². The molecule has 3 heterocycles. The van der Waals surface area contributed by atoms with Crippen LogP contribution in [0.4, 0.5) is 10.2 Å². The largest absolute Gasteiger partial charge is 0.387 e. The van der Waals surface area contributed by atoms with Gasteiger partial charge in [0.25, 0.3) is 0 Å². The molecule has 5 atom stereocenters. The normalized spacial score (nSPS) is 24.0. The van der Waals surface area contributed by atoms with Gasteiger partial charge < -0.3 is 39.4 Å². The van der Waals surface area contributed by atoms with E-state index in [2.05, 4.69) is 15.3 Å². The lowest BCUT2D eigenvalue weighted by Crippen LogP contribution is -2.33. The fourth-order valence-electron chi connectivity index (χ4n) is 3.79. The van der Waals surface area contributed by atoms with Gasteiger partial charge in [-0.1, -0.05) is 30.3 Å². The Morgan fingerprint density at radius 3 is 2.65 bits per heavy atom. The molecule has 1 aliphatic heterocycles. The molecule has 0 spiro atoms. The molecule has 0 unspecified atom stereocenters. The number of anilines is 1. The molecule has 3 aromatic rings. The van der Waals surface area contributed by atoms with E-state index in [0.29, 0.717) is 0 Å². The maximum atomic E-state index is 15.1. The van der Waals surface area contributed by atoms with Crippen LogP contribution in [-0.2, 0) is 14.0 Å². The molecular formula is C20H23ClFN4O7P. The van der Waals surface area contributed by atoms with Gasteiger partial charge in [-0.15, -0.1) is 0 Å². The summed E-state index contributed by atoms with van der Waals surface area (Å²) in [4.78, 5) is 26.0. The van der Waals surface area contributed by atoms with Crippen LogP contribution < -0.4 is 5.32 Å². The Morgan fingerprint density at radius 1 is 1.26 bits per heavy atom. The summed E-state index contributed by atoms with van der Waals surface area (Å²) >= 11 is 6.10. The summed E-state index contributed by atoms with van der Waals surface area (Å²) in [5, 5.41) is 23.8. The van der Waals surface area contributed by atoms with Crippen LogP contribution in [0.15, 0.2) is 36.5 Å². The Hall–Kier alpha value is -2.15. The number of benzene rings is 1. The first-order valence-corrected chi connectivity index (χ1v) is 12.4. The Morgan fingerprint density at radius 2 is 1.97 bits per heavy atom. The average Bonchev–Trinajstić information content (AvgIpc) is 3.24. The van der Waals surface area contributed by atoms with Crippen molar-refractivity contribution in [3.05, 3.63) is 53.2 Å². The summed E-state index contributed by atoms with van der Waals surface area (Å²) in [5.41, 5.74) is 0.953. The molecule has 5 N–H and O–H groups in total. The van der Waals surface area contributed by atoms with Gasteiger partial charge >= 0.3 is 7.60 Å². The molecule has 11 nitrogen and oxygen atoms in total. The van der Waals surface area contributed by atoms with Crippen molar-refractivity contribution in [3.8, 4) is 0 Å². The highest BCUT2D eigenvalue weighted by molar-refractivity contribution is 7.51. The van der Waals surface area contributed by atoms with Crippen molar-refractivity contribution in [2.45, 2.75) is 37.5 Å². The number of fused-ring (bicyclic) bond motifs is 1. The number of aliphatic hydroxyl groups is 2. The monoisotopic (exact) mass is 516 g/mol. The van der Waals surface area contributed by atoms with E-state index in [1.54, 1.807) is 0 Å². The minimum absolute atomic E-state index is 0.0127. The molecule has 34 heavy (non-hydrogen) atoms. The predicted molar refractivity (Wildman–Crippen MR) is 120 cm³/mol. The van der Waals surface area contributed by atoms with Crippen molar-refractivity contribution < 1.29 is 38.4 Å². The van der Waals surface area contributed by atoms with Gasteiger partial charge in [0.15, 0.2) is 17.7 Å². The van der Waals surface area contributed by atoms with E-state index < -0.39 is 50.9 Å². The minimum atomic E-state index is -4.42. The Bertz CT molecular complexity index is 1210. The van der Waals surface area contributed by atoms with Crippen LogP contribution in [0.3, 0.4) is 0 Å². The number of nitrogens with zero attached hydrogens (tertiary/aromatic N) is 3. The summed E-state index contributed by atoms with van der Waals surface area (Å²) in [6.07, 6.45) is -5.19. The van der Waals surface area contributed by atoms with Gasteiger partial charge in [0.05, 0.1) is 12.0 Å². The van der Waals surface area contributed by atoms with Gasteiger partial charge in [0, 0.05) is 12.2 Å². The molecule has 0 radical (unpaired) electrons. The first-order chi connectivity index (χ1) is 16.0. The van der Waals surface area contributed by atoms with Crippen LogP contribution in [0.5, 0.6) is 0 Å². The van der Waals surface area contributed by atoms with E-state index >= 15 is 4.39 Å². The van der Waals surface area contributed by atoms with E-state index in [-0.39, 0.29) is 28.2 Å². The number of rotatable bonds is 8. The molecule has 1 aromatic carbocycles. The highest BCUT2D eigenvalue weighted by Crippen LogP contribution is 2.37. The van der Waals surface area contributed by atoms with Crippen LogP contribution >= 0.6 is 19.2 Å². The van der Waals surface area contributed by atoms with Crippen molar-refractivity contribution in [1.29, 1.82) is 0 Å². The lowest BCUT2D eigenvalue weighted by atomic mass is 10.1. The average molecular weight is 517 g/mol. The van der Waals surface area contributed by atoms with Crippen molar-refractivity contribution in [2.75, 3.05) is 18.3 Å². The van der Waals surface area contributed by atoms with Crippen LogP contribution in [0.25, 0.3) is 11.0 Å². The minimum Gasteiger partial charge on any atom is -0.387 e. The van der Waals surface area contributed by atoms with E-state index in [9.17, 15) is 14.8 Å². The Kier molecular flexibility index (Phi) is 7.22. The second kappa shape index (κ2) is 9.84. The quantitative estimate of drug-likeness (QED) is 0.222. The highest BCUT2D eigenvalue weighted by atomic mass is 35.5. The molecule has 14 heteroatoms. The smallest absolute Gasteiger partial charge is 0.350 e. The summed E-state index contributed by atoms with van der Waals surface area (Å²) in [6.45, 7) is 1.47. The third-order valence-electron chi connectivity index (χ3n) is 5.40. The maximum Gasteiger partial charge on any atom is 0.350 e. The molecule has 1 aliphatic rings. The number of aromatic nitrogens is 3. The second-order valence-electron chi connectivity index (χ2n) is 7.91. The lowest BCUT2D eigenvalue weighted by Gasteiger charge is -2.18. The van der Waals surface area contributed by atoms with E-state index in [1.807, 2.05) is 37.3 Å². The molecule has 2 aromatic heterocycles. The van der Waals surface area contributed by atoms with Crippen LogP contribution in [0.2, 0.25) is 5.28 Å². The number of aliphatic hydroxyl groups excluding tert-OH is 2. The Labute approximate surface area is 198 Å². The molecule has 4 rings (SSSR count). The van der Waals surface area contributed by atoms with Crippen LogP contribution in [-0.4, -0.2) is 65.8 Å². The lowest BCUT2D eigenvalue weighted by molar-refractivity contribution is -0.0612. The topological polar surface area (TPSA) is 159 Å². The number of hydrogen-bond donors (Lipinski definition) is 5. The first-order valence-electron chi connectivity index (χ1n) is 10.2. The third-order valence-corrected chi connectivity index (χ3v) is 6.09. The summed E-state index contributed by atoms with van der Waals surface area (Å²) in [5.74, 6) is -0.571. The zero-order valence-corrected chi connectivity index (χ0v) is 19.5.